The van der Waals surface area contributed by atoms with Crippen LogP contribution < -0.4 is 10.1 Å². The Balaban J connectivity index is 1.77. The molecule has 0 bridgehead atoms. The van der Waals surface area contributed by atoms with Crippen LogP contribution >= 0.6 is 0 Å². The van der Waals surface area contributed by atoms with Crippen molar-refractivity contribution in [3.8, 4) is 5.88 Å². The summed E-state index contributed by atoms with van der Waals surface area (Å²) in [6.45, 7) is 6.33. The summed E-state index contributed by atoms with van der Waals surface area (Å²) in [6, 6.07) is 3.58. The maximum Gasteiger partial charge on any atom is 0.256 e. The molecule has 1 N–H and O–H groups in total. The van der Waals surface area contributed by atoms with E-state index in [4.69, 9.17) is 9.47 Å². The van der Waals surface area contributed by atoms with Crippen molar-refractivity contribution in [1.29, 1.82) is 0 Å². The number of amides is 1. The van der Waals surface area contributed by atoms with E-state index in [-0.39, 0.29) is 5.91 Å². The van der Waals surface area contributed by atoms with Gasteiger partial charge in [-0.2, -0.15) is 0 Å². The van der Waals surface area contributed by atoms with Gasteiger partial charge in [0, 0.05) is 18.8 Å². The molecule has 1 aromatic rings. The van der Waals surface area contributed by atoms with Gasteiger partial charge in [0.2, 0.25) is 5.88 Å². The zero-order valence-electron chi connectivity index (χ0n) is 13.6. The van der Waals surface area contributed by atoms with Gasteiger partial charge in [0.15, 0.2) is 0 Å². The molecular formula is C17H26N2O3. The number of aryl methyl sites for hydroxylation is 1. The van der Waals surface area contributed by atoms with E-state index < -0.39 is 0 Å². The lowest BCUT2D eigenvalue weighted by atomic mass is 9.86. The van der Waals surface area contributed by atoms with Crippen LogP contribution in [0.3, 0.4) is 0 Å². The number of hydrogen-bond acceptors (Lipinski definition) is 4. The fourth-order valence-corrected chi connectivity index (χ4v) is 2.26. The SMILES string of the molecule is CCCOc1nc(C)ccc1C(=O)NCCOCC1CCC1. The van der Waals surface area contributed by atoms with Gasteiger partial charge < -0.3 is 14.8 Å². The van der Waals surface area contributed by atoms with Crippen molar-refractivity contribution in [2.45, 2.75) is 39.5 Å². The van der Waals surface area contributed by atoms with Crippen LogP contribution in [0.4, 0.5) is 0 Å². The number of hydrogen-bond donors (Lipinski definition) is 1. The molecular weight excluding hydrogens is 280 g/mol. The van der Waals surface area contributed by atoms with E-state index in [1.165, 1.54) is 19.3 Å². The number of nitrogens with one attached hydrogen (secondary N) is 1. The zero-order valence-corrected chi connectivity index (χ0v) is 13.6. The molecule has 1 aliphatic carbocycles. The molecule has 1 heterocycles. The molecule has 2 rings (SSSR count). The first-order valence-electron chi connectivity index (χ1n) is 8.17. The van der Waals surface area contributed by atoms with E-state index in [1.54, 1.807) is 6.07 Å². The van der Waals surface area contributed by atoms with E-state index in [1.807, 2.05) is 19.9 Å². The molecule has 0 aliphatic heterocycles. The summed E-state index contributed by atoms with van der Waals surface area (Å²) in [5.41, 5.74) is 1.32. The molecule has 0 atom stereocenters. The molecule has 0 spiro atoms. The molecule has 1 aliphatic rings. The number of pyridine rings is 1. The minimum absolute atomic E-state index is 0.161. The zero-order chi connectivity index (χ0) is 15.8. The Morgan fingerprint density at radius 1 is 1.36 bits per heavy atom. The first kappa shape index (κ1) is 16.7. The fraction of sp³-hybridized carbons (Fsp3) is 0.647. The molecule has 0 radical (unpaired) electrons. The van der Waals surface area contributed by atoms with Crippen molar-refractivity contribution in [2.75, 3.05) is 26.4 Å². The number of ether oxygens (including phenoxy) is 2. The van der Waals surface area contributed by atoms with Crippen LogP contribution in [0.1, 0.15) is 48.7 Å². The Bertz CT molecular complexity index is 487. The van der Waals surface area contributed by atoms with Crippen LogP contribution in [0.2, 0.25) is 0 Å². The smallest absolute Gasteiger partial charge is 0.256 e. The summed E-state index contributed by atoms with van der Waals surface area (Å²) >= 11 is 0. The molecule has 1 amide bonds. The van der Waals surface area contributed by atoms with Crippen molar-refractivity contribution >= 4 is 5.91 Å². The molecule has 1 fully saturated rings. The molecule has 5 heteroatoms. The standard InChI is InChI=1S/C17H26N2O3/c1-3-10-22-17-15(8-7-13(2)19-17)16(20)18-9-11-21-12-14-5-4-6-14/h7-8,14H,3-6,9-12H2,1-2H3,(H,18,20). The minimum atomic E-state index is -0.161. The number of aromatic nitrogens is 1. The van der Waals surface area contributed by atoms with Gasteiger partial charge in [0.1, 0.15) is 5.56 Å². The second-order valence-electron chi connectivity index (χ2n) is 5.78. The predicted molar refractivity (Wildman–Crippen MR) is 85.3 cm³/mol. The summed E-state index contributed by atoms with van der Waals surface area (Å²) in [5.74, 6) is 0.978. The molecule has 122 valence electrons. The highest BCUT2D eigenvalue weighted by Gasteiger charge is 2.17. The van der Waals surface area contributed by atoms with E-state index in [2.05, 4.69) is 10.3 Å². The summed E-state index contributed by atoms with van der Waals surface area (Å²) in [4.78, 5) is 16.5. The van der Waals surface area contributed by atoms with Crippen molar-refractivity contribution in [3.05, 3.63) is 23.4 Å². The Labute approximate surface area is 132 Å². The summed E-state index contributed by atoms with van der Waals surface area (Å²) in [6.07, 6.45) is 4.76. The third-order valence-electron chi connectivity index (χ3n) is 3.80. The second kappa shape index (κ2) is 8.73. The van der Waals surface area contributed by atoms with Crippen LogP contribution in [-0.4, -0.2) is 37.3 Å². The maximum atomic E-state index is 12.2. The molecule has 0 saturated heterocycles. The second-order valence-corrected chi connectivity index (χ2v) is 5.78. The van der Waals surface area contributed by atoms with Crippen LogP contribution in [0, 0.1) is 12.8 Å². The van der Waals surface area contributed by atoms with Gasteiger partial charge in [-0.1, -0.05) is 13.3 Å². The Kier molecular flexibility index (Phi) is 6.65. The van der Waals surface area contributed by atoms with Gasteiger partial charge in [-0.15, -0.1) is 0 Å². The summed E-state index contributed by atoms with van der Waals surface area (Å²) in [7, 11) is 0. The third-order valence-corrected chi connectivity index (χ3v) is 3.80. The fourth-order valence-electron chi connectivity index (χ4n) is 2.26. The van der Waals surface area contributed by atoms with Crippen LogP contribution in [0.15, 0.2) is 12.1 Å². The molecule has 5 nitrogen and oxygen atoms in total. The van der Waals surface area contributed by atoms with Crippen molar-refractivity contribution in [1.82, 2.24) is 10.3 Å². The van der Waals surface area contributed by atoms with Crippen LogP contribution in [0.5, 0.6) is 5.88 Å². The lowest BCUT2D eigenvalue weighted by Crippen LogP contribution is -2.29. The highest BCUT2D eigenvalue weighted by Crippen LogP contribution is 2.26. The van der Waals surface area contributed by atoms with Gasteiger partial charge in [0.05, 0.1) is 13.2 Å². The summed E-state index contributed by atoms with van der Waals surface area (Å²) in [5, 5.41) is 2.86. The first-order chi connectivity index (χ1) is 10.7. The quantitative estimate of drug-likeness (QED) is 0.713. The summed E-state index contributed by atoms with van der Waals surface area (Å²) < 4.78 is 11.1. The van der Waals surface area contributed by atoms with E-state index in [0.717, 1.165) is 24.6 Å². The predicted octanol–water partition coefficient (Wildman–Crippen LogP) is 2.73. The molecule has 0 aromatic carbocycles. The normalized spacial score (nSPS) is 14.5. The van der Waals surface area contributed by atoms with Crippen molar-refractivity contribution in [3.63, 3.8) is 0 Å². The first-order valence-corrected chi connectivity index (χ1v) is 8.17. The molecule has 1 saturated carbocycles. The van der Waals surface area contributed by atoms with E-state index >= 15 is 0 Å². The highest BCUT2D eigenvalue weighted by molar-refractivity contribution is 5.96. The maximum absolute atomic E-state index is 12.2. The lowest BCUT2D eigenvalue weighted by molar-refractivity contribution is 0.0686. The average Bonchev–Trinajstić information content (AvgIpc) is 2.46. The monoisotopic (exact) mass is 306 g/mol. The third kappa shape index (κ3) is 4.98. The van der Waals surface area contributed by atoms with Crippen molar-refractivity contribution in [2.24, 2.45) is 5.92 Å². The van der Waals surface area contributed by atoms with Gasteiger partial charge >= 0.3 is 0 Å². The minimum Gasteiger partial charge on any atom is -0.477 e. The van der Waals surface area contributed by atoms with Gasteiger partial charge in [-0.25, -0.2) is 4.98 Å². The highest BCUT2D eigenvalue weighted by atomic mass is 16.5. The van der Waals surface area contributed by atoms with Crippen LogP contribution in [-0.2, 0) is 4.74 Å². The molecule has 22 heavy (non-hydrogen) atoms. The number of nitrogens with zero attached hydrogens (tertiary/aromatic N) is 1. The van der Waals surface area contributed by atoms with Gasteiger partial charge in [-0.3, -0.25) is 4.79 Å². The number of carbonyl (C=O) groups is 1. The Morgan fingerprint density at radius 2 is 2.18 bits per heavy atom. The molecule has 1 aromatic heterocycles. The van der Waals surface area contributed by atoms with Crippen molar-refractivity contribution < 1.29 is 14.3 Å². The number of rotatable bonds is 9. The van der Waals surface area contributed by atoms with Gasteiger partial charge in [0.25, 0.3) is 5.91 Å². The average molecular weight is 306 g/mol. The Morgan fingerprint density at radius 3 is 2.86 bits per heavy atom. The number of carbonyl (C=O) groups excluding carboxylic acids is 1. The molecule has 0 unspecified atom stereocenters. The Hall–Kier alpha value is -1.62. The van der Waals surface area contributed by atoms with Gasteiger partial charge in [-0.05, 0) is 44.2 Å². The lowest BCUT2D eigenvalue weighted by Gasteiger charge is -2.24. The van der Waals surface area contributed by atoms with Crippen LogP contribution in [0.25, 0.3) is 0 Å². The van der Waals surface area contributed by atoms with E-state index in [0.29, 0.717) is 31.2 Å². The van der Waals surface area contributed by atoms with E-state index in [9.17, 15) is 4.79 Å². The topological polar surface area (TPSA) is 60.5 Å². The largest absolute Gasteiger partial charge is 0.477 e.